The molecule has 2 aromatic rings. The highest BCUT2D eigenvalue weighted by atomic mass is 32.1. The monoisotopic (exact) mass is 331 g/mol. The van der Waals surface area contributed by atoms with Crippen LogP contribution in [0.1, 0.15) is 28.8 Å². The average Bonchev–Trinajstić information content (AvgIpc) is 3.23. The smallest absolute Gasteiger partial charge is 0.191 e. The molecule has 122 valence electrons. The molecule has 0 saturated heterocycles. The van der Waals surface area contributed by atoms with E-state index in [9.17, 15) is 4.39 Å². The van der Waals surface area contributed by atoms with Crippen LogP contribution in [0.4, 0.5) is 4.39 Å². The topological polar surface area (TPSA) is 36.4 Å². The minimum atomic E-state index is -0.107. The van der Waals surface area contributed by atoms with Gasteiger partial charge in [-0.25, -0.2) is 4.39 Å². The standard InChI is InChI=1S/C18H22FN3S/c1-13-7-10-23-16(13)11-21-17(20-2)22-12-18(8-9-18)14-5-3-4-6-15(14)19/h3-7,10H,8-9,11-12H2,1-2H3,(H2,20,21,22). The fraction of sp³-hybridized carbons (Fsp3) is 0.389. The predicted molar refractivity (Wildman–Crippen MR) is 94.6 cm³/mol. The Kier molecular flexibility index (Phi) is 4.66. The van der Waals surface area contributed by atoms with Crippen molar-refractivity contribution in [3.8, 4) is 0 Å². The molecule has 1 saturated carbocycles. The van der Waals surface area contributed by atoms with Gasteiger partial charge in [0, 0.05) is 23.9 Å². The Morgan fingerprint density at radius 1 is 1.26 bits per heavy atom. The fourth-order valence-corrected chi connectivity index (χ4v) is 3.65. The molecule has 0 unspecified atom stereocenters. The quantitative estimate of drug-likeness (QED) is 0.649. The van der Waals surface area contributed by atoms with Crippen molar-refractivity contribution < 1.29 is 4.39 Å². The first-order chi connectivity index (χ1) is 11.1. The largest absolute Gasteiger partial charge is 0.356 e. The molecule has 1 aliphatic carbocycles. The van der Waals surface area contributed by atoms with Crippen LogP contribution in [-0.2, 0) is 12.0 Å². The molecule has 1 aliphatic rings. The first-order valence-corrected chi connectivity index (χ1v) is 8.75. The number of hydrogen-bond acceptors (Lipinski definition) is 2. The summed E-state index contributed by atoms with van der Waals surface area (Å²) in [6, 6.07) is 9.21. The van der Waals surface area contributed by atoms with Crippen molar-refractivity contribution in [1.29, 1.82) is 0 Å². The van der Waals surface area contributed by atoms with Crippen LogP contribution in [0.3, 0.4) is 0 Å². The fourth-order valence-electron chi connectivity index (χ4n) is 2.81. The van der Waals surface area contributed by atoms with E-state index in [1.807, 2.05) is 12.1 Å². The van der Waals surface area contributed by atoms with Gasteiger partial charge in [0.2, 0.25) is 0 Å². The minimum Gasteiger partial charge on any atom is -0.356 e. The van der Waals surface area contributed by atoms with Crippen LogP contribution in [0.5, 0.6) is 0 Å². The van der Waals surface area contributed by atoms with Gasteiger partial charge in [0.15, 0.2) is 5.96 Å². The van der Waals surface area contributed by atoms with Crippen molar-refractivity contribution in [2.24, 2.45) is 4.99 Å². The number of rotatable bonds is 5. The number of nitrogens with one attached hydrogen (secondary N) is 2. The molecule has 0 amide bonds. The lowest BCUT2D eigenvalue weighted by atomic mass is 9.95. The molecule has 3 rings (SSSR count). The van der Waals surface area contributed by atoms with E-state index in [0.29, 0.717) is 6.54 Å². The van der Waals surface area contributed by atoms with E-state index >= 15 is 0 Å². The van der Waals surface area contributed by atoms with Crippen molar-refractivity contribution in [3.05, 3.63) is 57.5 Å². The second-order valence-corrected chi connectivity index (χ2v) is 7.07. The van der Waals surface area contributed by atoms with Crippen molar-refractivity contribution in [1.82, 2.24) is 10.6 Å². The lowest BCUT2D eigenvalue weighted by Gasteiger charge is -2.19. The van der Waals surface area contributed by atoms with Gasteiger partial charge < -0.3 is 10.6 Å². The third kappa shape index (κ3) is 3.55. The molecule has 1 aromatic heterocycles. The Bertz CT molecular complexity index is 704. The molecule has 2 N–H and O–H groups in total. The summed E-state index contributed by atoms with van der Waals surface area (Å²) < 4.78 is 14.0. The molecule has 3 nitrogen and oxygen atoms in total. The number of halogens is 1. The number of benzene rings is 1. The normalized spacial score (nSPS) is 16.2. The number of guanidine groups is 1. The Morgan fingerprint density at radius 2 is 2.04 bits per heavy atom. The van der Waals surface area contributed by atoms with Gasteiger partial charge in [-0.3, -0.25) is 4.99 Å². The zero-order valence-electron chi connectivity index (χ0n) is 13.5. The van der Waals surface area contributed by atoms with Gasteiger partial charge >= 0.3 is 0 Å². The van der Waals surface area contributed by atoms with Gasteiger partial charge in [-0.05, 0) is 48.4 Å². The average molecular weight is 331 g/mol. The van der Waals surface area contributed by atoms with Gasteiger partial charge in [-0.1, -0.05) is 18.2 Å². The summed E-state index contributed by atoms with van der Waals surface area (Å²) in [6.07, 6.45) is 2.03. The Balaban J connectivity index is 1.58. The van der Waals surface area contributed by atoms with E-state index < -0.39 is 0 Å². The van der Waals surface area contributed by atoms with E-state index in [0.717, 1.165) is 30.9 Å². The molecule has 0 aliphatic heterocycles. The Morgan fingerprint density at radius 3 is 2.65 bits per heavy atom. The number of thiophene rings is 1. The third-order valence-corrected chi connectivity index (χ3v) is 5.52. The van der Waals surface area contributed by atoms with Gasteiger partial charge in [-0.2, -0.15) is 0 Å². The van der Waals surface area contributed by atoms with Gasteiger partial charge in [-0.15, -0.1) is 11.3 Å². The van der Waals surface area contributed by atoms with E-state index in [1.165, 1.54) is 10.4 Å². The molecule has 0 atom stereocenters. The van der Waals surface area contributed by atoms with Crippen LogP contribution < -0.4 is 10.6 Å². The second kappa shape index (κ2) is 6.71. The summed E-state index contributed by atoms with van der Waals surface area (Å²) in [6.45, 7) is 3.58. The van der Waals surface area contributed by atoms with Crippen molar-refractivity contribution >= 4 is 17.3 Å². The van der Waals surface area contributed by atoms with E-state index in [1.54, 1.807) is 30.5 Å². The summed E-state index contributed by atoms with van der Waals surface area (Å²) in [5.41, 5.74) is 2.03. The lowest BCUT2D eigenvalue weighted by Crippen LogP contribution is -2.41. The molecule has 0 bridgehead atoms. The first-order valence-electron chi connectivity index (χ1n) is 7.87. The minimum absolute atomic E-state index is 0.0815. The molecule has 1 heterocycles. The van der Waals surface area contributed by atoms with E-state index in [-0.39, 0.29) is 11.2 Å². The third-order valence-electron chi connectivity index (χ3n) is 4.50. The Hall–Kier alpha value is -1.88. The highest BCUT2D eigenvalue weighted by Gasteiger charge is 2.45. The van der Waals surface area contributed by atoms with E-state index in [4.69, 9.17) is 0 Å². The maximum Gasteiger partial charge on any atom is 0.191 e. The highest BCUT2D eigenvalue weighted by molar-refractivity contribution is 7.10. The number of hydrogen-bond donors (Lipinski definition) is 2. The van der Waals surface area contributed by atoms with Gasteiger partial charge in [0.1, 0.15) is 5.82 Å². The van der Waals surface area contributed by atoms with Crippen LogP contribution in [0.15, 0.2) is 40.7 Å². The zero-order chi connectivity index (χ0) is 16.3. The number of aryl methyl sites for hydroxylation is 1. The lowest BCUT2D eigenvalue weighted by molar-refractivity contribution is 0.560. The Labute approximate surface area is 140 Å². The molecule has 0 radical (unpaired) electrons. The van der Waals surface area contributed by atoms with Crippen LogP contribution >= 0.6 is 11.3 Å². The maximum absolute atomic E-state index is 14.0. The van der Waals surface area contributed by atoms with Crippen molar-refractivity contribution in [2.75, 3.05) is 13.6 Å². The van der Waals surface area contributed by atoms with E-state index in [2.05, 4.69) is 34.0 Å². The molecule has 23 heavy (non-hydrogen) atoms. The molecular weight excluding hydrogens is 309 g/mol. The van der Waals surface area contributed by atoms with Crippen LogP contribution in [0.2, 0.25) is 0 Å². The molecular formula is C18H22FN3S. The molecule has 5 heteroatoms. The zero-order valence-corrected chi connectivity index (χ0v) is 14.3. The molecule has 0 spiro atoms. The van der Waals surface area contributed by atoms with Crippen LogP contribution in [0, 0.1) is 12.7 Å². The number of nitrogens with zero attached hydrogens (tertiary/aromatic N) is 1. The summed E-state index contributed by atoms with van der Waals surface area (Å²) >= 11 is 1.74. The van der Waals surface area contributed by atoms with Crippen LogP contribution in [0.25, 0.3) is 0 Å². The SMILES string of the molecule is CN=C(NCc1sccc1C)NCC1(c2ccccc2F)CC1. The molecule has 1 fully saturated rings. The predicted octanol–water partition coefficient (Wildman–Crippen LogP) is 3.59. The summed E-state index contributed by atoms with van der Waals surface area (Å²) in [7, 11) is 1.76. The summed E-state index contributed by atoms with van der Waals surface area (Å²) in [4.78, 5) is 5.58. The van der Waals surface area contributed by atoms with Crippen molar-refractivity contribution in [3.63, 3.8) is 0 Å². The van der Waals surface area contributed by atoms with Crippen LogP contribution in [-0.4, -0.2) is 19.6 Å². The molecule has 1 aromatic carbocycles. The summed E-state index contributed by atoms with van der Waals surface area (Å²) in [5.74, 6) is 0.657. The van der Waals surface area contributed by atoms with Gasteiger partial charge in [0.05, 0.1) is 6.54 Å². The number of aliphatic imine (C=N–C) groups is 1. The summed E-state index contributed by atoms with van der Waals surface area (Å²) in [5, 5.41) is 8.79. The maximum atomic E-state index is 14.0. The highest BCUT2D eigenvalue weighted by Crippen LogP contribution is 2.48. The van der Waals surface area contributed by atoms with Crippen molar-refractivity contribution in [2.45, 2.75) is 31.7 Å². The first kappa shape index (κ1) is 16.0. The second-order valence-electron chi connectivity index (χ2n) is 6.07. The van der Waals surface area contributed by atoms with Gasteiger partial charge in [0.25, 0.3) is 0 Å².